The first-order chi connectivity index (χ1) is 22.2. The normalized spacial score (nSPS) is 38.3. The predicted octanol–water partition coefficient (Wildman–Crippen LogP) is -0.238. The van der Waals surface area contributed by atoms with E-state index in [-0.39, 0.29) is 23.5 Å². The van der Waals surface area contributed by atoms with E-state index in [0.29, 0.717) is 24.7 Å². The Bertz CT molecular complexity index is 1590. The molecule has 2 fully saturated rings. The van der Waals surface area contributed by atoms with Crippen LogP contribution in [-0.4, -0.2) is 125 Å². The summed E-state index contributed by atoms with van der Waals surface area (Å²) in [6, 6.07) is 3.95. The molecule has 256 valence electrons. The standard InChI is InChI=1S/C27H33N5O8.C2HF3O2/c1-31-9-7-27-12-3-5-15(23(27)39-21-14(33)4-2-11(17(21)27)10-13(12)31)38-25-20(37)18(35)19(36)22(40-25)24-29-26-28-16(34)6-8-32(26)30-24;3-2(4,5)1(6)7/h2-5,12-13,15-16,18-20,22-23,25,33-37H,6-10H2,1H3,(H,28,29,30);(H,6,7)/t12-,13+,15-,16?,18-,19-,20+,22-,23-,25+,27-;/m0./s1. The predicted molar refractivity (Wildman–Crippen MR) is 150 cm³/mol. The molecule has 6 aliphatic rings. The van der Waals surface area contributed by atoms with Gasteiger partial charge in [-0.2, -0.15) is 23.3 Å². The van der Waals surface area contributed by atoms with Gasteiger partial charge >= 0.3 is 12.1 Å². The number of likely N-dealkylation sites (N-methyl/N-ethyl adjacent to an activating group) is 1. The Morgan fingerprint density at radius 3 is 2.60 bits per heavy atom. The van der Waals surface area contributed by atoms with Gasteiger partial charge in [0.25, 0.3) is 0 Å². The third-order valence-corrected chi connectivity index (χ3v) is 10.1. The molecule has 1 aromatic carbocycles. The van der Waals surface area contributed by atoms with Crippen molar-refractivity contribution >= 4 is 11.9 Å². The van der Waals surface area contributed by atoms with Crippen LogP contribution in [0, 0.1) is 5.92 Å². The van der Waals surface area contributed by atoms with Crippen molar-refractivity contribution in [1.82, 2.24) is 19.7 Å². The number of carboxylic acid groups (broad SMARTS) is 1. The zero-order valence-corrected chi connectivity index (χ0v) is 24.9. The molecule has 2 aromatic rings. The number of aromatic nitrogens is 3. The first-order valence-electron chi connectivity index (χ1n) is 15.2. The molecule has 1 spiro atoms. The number of nitrogens with one attached hydrogen (secondary N) is 1. The monoisotopic (exact) mass is 669 g/mol. The lowest BCUT2D eigenvalue weighted by atomic mass is 9.53. The fourth-order valence-corrected chi connectivity index (χ4v) is 7.87. The number of rotatable bonds is 3. The van der Waals surface area contributed by atoms with Crippen molar-refractivity contribution in [3.8, 4) is 11.5 Å². The molecule has 47 heavy (non-hydrogen) atoms. The van der Waals surface area contributed by atoms with Gasteiger partial charge in [0.05, 0.1) is 0 Å². The number of hydrogen-bond donors (Lipinski definition) is 7. The van der Waals surface area contributed by atoms with E-state index in [4.69, 9.17) is 24.1 Å². The van der Waals surface area contributed by atoms with E-state index < -0.39 is 66.7 Å². The van der Waals surface area contributed by atoms with Crippen molar-refractivity contribution in [2.75, 3.05) is 18.9 Å². The number of alkyl halides is 3. The van der Waals surface area contributed by atoms with Crippen molar-refractivity contribution in [3.63, 3.8) is 0 Å². The minimum atomic E-state index is -5.08. The molecule has 15 nitrogen and oxygen atoms in total. The number of halogens is 3. The van der Waals surface area contributed by atoms with E-state index in [0.717, 1.165) is 24.9 Å². The Morgan fingerprint density at radius 1 is 1.13 bits per heavy atom. The molecular weight excluding hydrogens is 635 g/mol. The highest BCUT2D eigenvalue weighted by atomic mass is 19.4. The number of likely N-dealkylation sites (tertiary alicyclic amines) is 1. The van der Waals surface area contributed by atoms with Crippen LogP contribution in [0.5, 0.6) is 11.5 Å². The summed E-state index contributed by atoms with van der Waals surface area (Å²) in [5.74, 6) is -1.58. The Balaban J connectivity index is 0.000000455. The van der Waals surface area contributed by atoms with Crippen LogP contribution in [-0.2, 0) is 32.6 Å². The smallest absolute Gasteiger partial charge is 0.490 e. The van der Waals surface area contributed by atoms with Gasteiger partial charge in [0, 0.05) is 35.9 Å². The van der Waals surface area contributed by atoms with Gasteiger partial charge in [-0.25, -0.2) is 9.48 Å². The fourth-order valence-electron chi connectivity index (χ4n) is 7.87. The zero-order valence-electron chi connectivity index (χ0n) is 24.9. The number of carboxylic acids is 1. The van der Waals surface area contributed by atoms with Crippen LogP contribution in [0.3, 0.4) is 0 Å². The van der Waals surface area contributed by atoms with Gasteiger partial charge in [-0.1, -0.05) is 18.2 Å². The number of ether oxygens (including phenoxy) is 3. The molecule has 2 saturated heterocycles. The minimum Gasteiger partial charge on any atom is -0.504 e. The lowest BCUT2D eigenvalue weighted by Gasteiger charge is -2.57. The number of aromatic hydroxyl groups is 1. The number of phenols is 1. The van der Waals surface area contributed by atoms with E-state index in [9.17, 15) is 38.7 Å². The maximum absolute atomic E-state index is 10.9. The summed E-state index contributed by atoms with van der Waals surface area (Å²) in [6.45, 7) is 1.29. The number of phenolic OH excluding ortho intramolecular Hbond substituents is 1. The van der Waals surface area contributed by atoms with E-state index in [2.05, 4.69) is 33.4 Å². The number of aliphatic hydroxyl groups is 4. The third-order valence-electron chi connectivity index (χ3n) is 10.1. The van der Waals surface area contributed by atoms with Crippen molar-refractivity contribution < 1.29 is 62.8 Å². The van der Waals surface area contributed by atoms with Crippen molar-refractivity contribution in [2.24, 2.45) is 5.92 Å². The van der Waals surface area contributed by atoms with Gasteiger partial charge in [-0.05, 0) is 38.1 Å². The quantitative estimate of drug-likeness (QED) is 0.210. The van der Waals surface area contributed by atoms with Gasteiger partial charge in [-0.15, -0.1) is 0 Å². The molecule has 0 saturated carbocycles. The Kier molecular flexibility index (Phi) is 7.69. The second-order valence-corrected chi connectivity index (χ2v) is 12.7. The van der Waals surface area contributed by atoms with Crippen molar-refractivity contribution in [1.29, 1.82) is 0 Å². The summed E-state index contributed by atoms with van der Waals surface area (Å²) in [7, 11) is 2.14. The van der Waals surface area contributed by atoms with Crippen LogP contribution in [0.4, 0.5) is 19.1 Å². The van der Waals surface area contributed by atoms with Crippen LogP contribution in [0.15, 0.2) is 24.3 Å². The summed E-state index contributed by atoms with van der Waals surface area (Å²) >= 11 is 0. The Labute approximate surface area is 264 Å². The summed E-state index contributed by atoms with van der Waals surface area (Å²) in [4.78, 5) is 15.6. The Morgan fingerprint density at radius 2 is 1.87 bits per heavy atom. The van der Waals surface area contributed by atoms with E-state index in [1.54, 1.807) is 10.7 Å². The summed E-state index contributed by atoms with van der Waals surface area (Å²) in [5.41, 5.74) is 1.80. The molecule has 0 radical (unpaired) electrons. The highest BCUT2D eigenvalue weighted by molar-refractivity contribution is 5.73. The molecule has 18 heteroatoms. The molecular formula is C29H34F3N5O10. The molecule has 2 bridgehead atoms. The van der Waals surface area contributed by atoms with Gasteiger partial charge in [-0.3, -0.25) is 0 Å². The van der Waals surface area contributed by atoms with Crippen LogP contribution >= 0.6 is 0 Å². The summed E-state index contributed by atoms with van der Waals surface area (Å²) < 4.78 is 52.2. The van der Waals surface area contributed by atoms with Gasteiger partial charge < -0.3 is 55.1 Å². The Hall–Kier alpha value is -3.52. The van der Waals surface area contributed by atoms with E-state index >= 15 is 0 Å². The molecule has 11 atom stereocenters. The summed E-state index contributed by atoms with van der Waals surface area (Å²) in [6.07, 6.45) is -7.94. The van der Waals surface area contributed by atoms with Crippen LogP contribution < -0.4 is 10.1 Å². The molecule has 5 heterocycles. The first kappa shape index (κ1) is 32.0. The number of hydrogen-bond acceptors (Lipinski definition) is 13. The lowest BCUT2D eigenvalue weighted by Crippen LogP contribution is -2.66. The van der Waals surface area contributed by atoms with Gasteiger partial charge in [0.15, 0.2) is 29.7 Å². The molecule has 0 amide bonds. The molecule has 7 N–H and O–H groups in total. The van der Waals surface area contributed by atoms with Crippen LogP contribution in [0.2, 0.25) is 0 Å². The van der Waals surface area contributed by atoms with Gasteiger partial charge in [0.2, 0.25) is 5.95 Å². The number of benzene rings is 1. The second-order valence-electron chi connectivity index (χ2n) is 12.7. The number of piperidine rings is 1. The van der Waals surface area contributed by atoms with E-state index in [1.807, 2.05) is 12.1 Å². The van der Waals surface area contributed by atoms with Gasteiger partial charge in [0.1, 0.15) is 36.7 Å². The highest BCUT2D eigenvalue weighted by Gasteiger charge is 2.65. The van der Waals surface area contributed by atoms with Crippen molar-refractivity contribution in [3.05, 3.63) is 41.2 Å². The number of aliphatic carboxylic acids is 1. The second kappa shape index (κ2) is 11.3. The molecule has 1 aromatic heterocycles. The number of aliphatic hydroxyl groups excluding tert-OH is 4. The van der Waals surface area contributed by atoms with Crippen LogP contribution in [0.25, 0.3) is 0 Å². The largest absolute Gasteiger partial charge is 0.504 e. The topological polar surface area (TPSA) is 212 Å². The average Bonchev–Trinajstić information content (AvgIpc) is 3.60. The molecule has 4 aliphatic heterocycles. The summed E-state index contributed by atoms with van der Waals surface area (Å²) in [5, 5.41) is 67.5. The van der Waals surface area contributed by atoms with E-state index in [1.165, 1.54) is 5.56 Å². The SMILES string of the molecule is CN1CC[C@]23c4c5ccc(O)c4O[C@H]2[C@@H](O[C@@H]2O[C@H](c4nc6n(n4)CCC(O)N6)[C@@H](O)[C@H](O)[C@H]2O)C=C[C@H]3[C@H]1C5.O=C(O)C(F)(F)F. The first-order valence-corrected chi connectivity index (χ1v) is 15.2. The lowest BCUT2D eigenvalue weighted by molar-refractivity contribution is -0.314. The van der Waals surface area contributed by atoms with Crippen molar-refractivity contribution in [2.45, 2.75) is 92.6 Å². The number of aryl methyl sites for hydroxylation is 1. The number of fused-ring (bicyclic) bond motifs is 1. The minimum absolute atomic E-state index is 0.0958. The van der Waals surface area contributed by atoms with Crippen LogP contribution in [0.1, 0.15) is 35.9 Å². The third kappa shape index (κ3) is 5.04. The maximum atomic E-state index is 10.9. The number of anilines is 1. The average molecular weight is 670 g/mol. The molecule has 1 unspecified atom stereocenters. The molecule has 2 aliphatic carbocycles. The highest BCUT2D eigenvalue weighted by Crippen LogP contribution is 2.62. The molecule has 8 rings (SSSR count). The fraction of sp³-hybridized carbons (Fsp3) is 0.621. The number of nitrogens with zero attached hydrogens (tertiary/aromatic N) is 4. The maximum Gasteiger partial charge on any atom is 0.490 e. The zero-order chi connectivity index (χ0) is 33.6. The number of carbonyl (C=O) groups is 1.